The number of aromatic amines is 1. The highest BCUT2D eigenvalue weighted by Crippen LogP contribution is 2.20. The standard InChI is InChI=1S/C12H11BrFN3O/c1-2-7-6-15-17-11(7)16-12(18)8-4-3-5-9(13)10(8)14/h3-6H,2H2,1H3,(H2,15,16,17,18). The topological polar surface area (TPSA) is 57.8 Å². The first kappa shape index (κ1) is 12.8. The Balaban J connectivity index is 2.25. The molecule has 18 heavy (non-hydrogen) atoms. The van der Waals surface area contributed by atoms with Crippen LogP contribution in [0.2, 0.25) is 0 Å². The van der Waals surface area contributed by atoms with Crippen LogP contribution in [0.15, 0.2) is 28.9 Å². The molecule has 94 valence electrons. The molecule has 6 heteroatoms. The number of carbonyl (C=O) groups is 1. The zero-order valence-corrected chi connectivity index (χ0v) is 11.2. The van der Waals surface area contributed by atoms with E-state index in [1.807, 2.05) is 6.92 Å². The van der Waals surface area contributed by atoms with E-state index in [4.69, 9.17) is 0 Å². The first-order chi connectivity index (χ1) is 8.63. The molecule has 0 bridgehead atoms. The van der Waals surface area contributed by atoms with Crippen molar-refractivity contribution in [3.8, 4) is 0 Å². The Morgan fingerprint density at radius 3 is 3.06 bits per heavy atom. The van der Waals surface area contributed by atoms with Gasteiger partial charge in [-0.1, -0.05) is 13.0 Å². The Morgan fingerprint density at radius 1 is 1.56 bits per heavy atom. The van der Waals surface area contributed by atoms with E-state index in [-0.39, 0.29) is 10.0 Å². The molecule has 0 atom stereocenters. The summed E-state index contributed by atoms with van der Waals surface area (Å²) in [5.74, 6) is -0.581. The molecule has 1 heterocycles. The number of H-pyrrole nitrogens is 1. The van der Waals surface area contributed by atoms with E-state index < -0.39 is 11.7 Å². The number of halogens is 2. The fourth-order valence-corrected chi connectivity index (χ4v) is 1.91. The lowest BCUT2D eigenvalue weighted by Crippen LogP contribution is -2.15. The number of amides is 1. The fourth-order valence-electron chi connectivity index (χ4n) is 1.55. The molecule has 0 aliphatic heterocycles. The highest BCUT2D eigenvalue weighted by atomic mass is 79.9. The second-order valence-corrected chi connectivity index (χ2v) is 4.53. The van der Waals surface area contributed by atoms with Crippen LogP contribution in [0.1, 0.15) is 22.8 Å². The molecule has 1 aromatic carbocycles. The predicted octanol–water partition coefficient (Wildman–Crippen LogP) is 3.13. The third-order valence-electron chi connectivity index (χ3n) is 2.53. The van der Waals surface area contributed by atoms with Crippen LogP contribution in [-0.4, -0.2) is 16.1 Å². The van der Waals surface area contributed by atoms with Crippen molar-refractivity contribution >= 4 is 27.7 Å². The predicted molar refractivity (Wildman–Crippen MR) is 70.0 cm³/mol. The molecule has 1 amide bonds. The summed E-state index contributed by atoms with van der Waals surface area (Å²) in [5.41, 5.74) is 0.861. The summed E-state index contributed by atoms with van der Waals surface area (Å²) in [6.45, 7) is 1.94. The summed E-state index contributed by atoms with van der Waals surface area (Å²) >= 11 is 3.05. The molecule has 0 saturated heterocycles. The van der Waals surface area contributed by atoms with Crippen molar-refractivity contribution in [3.05, 3.63) is 45.8 Å². The van der Waals surface area contributed by atoms with Gasteiger partial charge in [0.15, 0.2) is 0 Å². The number of carbonyl (C=O) groups excluding carboxylic acids is 1. The van der Waals surface area contributed by atoms with Crippen LogP contribution < -0.4 is 5.32 Å². The number of anilines is 1. The molecule has 0 fully saturated rings. The minimum absolute atomic E-state index is 0.0129. The molecule has 2 rings (SSSR count). The molecular weight excluding hydrogens is 301 g/mol. The van der Waals surface area contributed by atoms with Gasteiger partial charge in [0, 0.05) is 5.56 Å². The van der Waals surface area contributed by atoms with Gasteiger partial charge in [-0.05, 0) is 34.5 Å². The molecule has 2 N–H and O–H groups in total. The highest BCUT2D eigenvalue weighted by Gasteiger charge is 2.15. The highest BCUT2D eigenvalue weighted by molar-refractivity contribution is 9.10. The molecular formula is C12H11BrFN3O. The van der Waals surface area contributed by atoms with Gasteiger partial charge in [0.25, 0.3) is 5.91 Å². The van der Waals surface area contributed by atoms with E-state index in [1.54, 1.807) is 18.3 Å². The minimum atomic E-state index is -0.576. The zero-order chi connectivity index (χ0) is 13.1. The monoisotopic (exact) mass is 311 g/mol. The average Bonchev–Trinajstić information content (AvgIpc) is 2.79. The van der Waals surface area contributed by atoms with E-state index in [9.17, 15) is 9.18 Å². The summed E-state index contributed by atoms with van der Waals surface area (Å²) in [5, 5.41) is 9.12. The third-order valence-corrected chi connectivity index (χ3v) is 3.15. The van der Waals surface area contributed by atoms with Gasteiger partial charge in [-0.15, -0.1) is 0 Å². The SMILES string of the molecule is CCc1cn[nH]c1NC(=O)c1cccc(Br)c1F. The van der Waals surface area contributed by atoms with Gasteiger partial charge in [-0.25, -0.2) is 4.39 Å². The Bertz CT molecular complexity index is 582. The van der Waals surface area contributed by atoms with Gasteiger partial charge in [-0.2, -0.15) is 5.10 Å². The van der Waals surface area contributed by atoms with Crippen LogP contribution in [0.3, 0.4) is 0 Å². The molecule has 0 saturated carbocycles. The van der Waals surface area contributed by atoms with Gasteiger partial charge in [0.2, 0.25) is 0 Å². The smallest absolute Gasteiger partial charge is 0.259 e. The number of aryl methyl sites for hydroxylation is 1. The molecule has 0 spiro atoms. The lowest BCUT2D eigenvalue weighted by molar-refractivity contribution is 0.102. The molecule has 4 nitrogen and oxygen atoms in total. The van der Waals surface area contributed by atoms with Crippen LogP contribution in [-0.2, 0) is 6.42 Å². The van der Waals surface area contributed by atoms with Gasteiger partial charge in [-0.3, -0.25) is 9.89 Å². The van der Waals surface area contributed by atoms with Crippen LogP contribution in [0.5, 0.6) is 0 Å². The van der Waals surface area contributed by atoms with Crippen molar-refractivity contribution in [1.29, 1.82) is 0 Å². The summed E-state index contributed by atoms with van der Waals surface area (Å²) in [6, 6.07) is 4.58. The summed E-state index contributed by atoms with van der Waals surface area (Å²) < 4.78 is 14.0. The Labute approximate surface area is 112 Å². The van der Waals surface area contributed by atoms with Crippen molar-refractivity contribution in [2.45, 2.75) is 13.3 Å². The Kier molecular flexibility index (Phi) is 3.76. The van der Waals surface area contributed by atoms with Crippen molar-refractivity contribution in [3.63, 3.8) is 0 Å². The van der Waals surface area contributed by atoms with Crippen LogP contribution in [0.4, 0.5) is 10.2 Å². The van der Waals surface area contributed by atoms with Crippen molar-refractivity contribution in [2.75, 3.05) is 5.32 Å². The fraction of sp³-hybridized carbons (Fsp3) is 0.167. The summed E-state index contributed by atoms with van der Waals surface area (Å²) in [6.07, 6.45) is 2.36. The van der Waals surface area contributed by atoms with Crippen molar-refractivity contribution in [1.82, 2.24) is 10.2 Å². The normalized spacial score (nSPS) is 10.4. The number of benzene rings is 1. The largest absolute Gasteiger partial charge is 0.307 e. The number of hydrogen-bond donors (Lipinski definition) is 2. The van der Waals surface area contributed by atoms with Gasteiger partial charge >= 0.3 is 0 Å². The lowest BCUT2D eigenvalue weighted by Gasteiger charge is -2.06. The minimum Gasteiger partial charge on any atom is -0.307 e. The van der Waals surface area contributed by atoms with E-state index in [1.165, 1.54) is 6.07 Å². The number of hydrogen-bond acceptors (Lipinski definition) is 2. The number of nitrogens with one attached hydrogen (secondary N) is 2. The first-order valence-corrected chi connectivity index (χ1v) is 6.20. The summed E-state index contributed by atoms with van der Waals surface area (Å²) in [7, 11) is 0. The van der Waals surface area contributed by atoms with Crippen LogP contribution in [0, 0.1) is 5.82 Å². The molecule has 2 aromatic rings. The van der Waals surface area contributed by atoms with E-state index in [0.29, 0.717) is 5.82 Å². The number of nitrogens with zero attached hydrogens (tertiary/aromatic N) is 1. The Hall–Kier alpha value is -1.69. The quantitative estimate of drug-likeness (QED) is 0.915. The molecule has 1 aromatic heterocycles. The second-order valence-electron chi connectivity index (χ2n) is 3.68. The maximum atomic E-state index is 13.7. The lowest BCUT2D eigenvalue weighted by atomic mass is 10.2. The first-order valence-electron chi connectivity index (χ1n) is 5.41. The van der Waals surface area contributed by atoms with E-state index in [0.717, 1.165) is 12.0 Å². The Morgan fingerprint density at radius 2 is 2.33 bits per heavy atom. The van der Waals surface area contributed by atoms with Crippen LogP contribution in [0.25, 0.3) is 0 Å². The van der Waals surface area contributed by atoms with Crippen molar-refractivity contribution < 1.29 is 9.18 Å². The zero-order valence-electron chi connectivity index (χ0n) is 9.63. The van der Waals surface area contributed by atoms with Gasteiger partial charge < -0.3 is 5.32 Å². The van der Waals surface area contributed by atoms with Gasteiger partial charge in [0.05, 0.1) is 16.2 Å². The average molecular weight is 312 g/mol. The maximum absolute atomic E-state index is 13.7. The second kappa shape index (κ2) is 5.30. The number of rotatable bonds is 3. The van der Waals surface area contributed by atoms with Crippen molar-refractivity contribution in [2.24, 2.45) is 0 Å². The maximum Gasteiger partial charge on any atom is 0.259 e. The number of aromatic nitrogens is 2. The molecule has 0 unspecified atom stereocenters. The van der Waals surface area contributed by atoms with E-state index in [2.05, 4.69) is 31.4 Å². The third kappa shape index (κ3) is 2.43. The van der Waals surface area contributed by atoms with E-state index >= 15 is 0 Å². The van der Waals surface area contributed by atoms with Gasteiger partial charge in [0.1, 0.15) is 11.6 Å². The molecule has 0 radical (unpaired) electrons. The summed E-state index contributed by atoms with van der Waals surface area (Å²) in [4.78, 5) is 11.9. The van der Waals surface area contributed by atoms with Crippen LogP contribution >= 0.6 is 15.9 Å². The molecule has 0 aliphatic rings. The molecule has 0 aliphatic carbocycles.